The topological polar surface area (TPSA) is 61.4 Å². The Labute approximate surface area is 132 Å². The molecule has 1 aliphatic rings. The summed E-state index contributed by atoms with van der Waals surface area (Å²) in [5, 5.41) is 5.19. The average molecular weight is 303 g/mol. The molecular weight excluding hydrogens is 278 g/mol. The Morgan fingerprint density at radius 2 is 1.68 bits per heavy atom. The maximum absolute atomic E-state index is 11.7. The van der Waals surface area contributed by atoms with Crippen molar-refractivity contribution in [1.82, 2.24) is 5.32 Å². The number of nitrogens with one attached hydrogen (secondary N) is 2. The van der Waals surface area contributed by atoms with Gasteiger partial charge in [0.1, 0.15) is 0 Å². The number of carbonyl (C=O) groups is 2. The van der Waals surface area contributed by atoms with Crippen molar-refractivity contribution >= 4 is 23.2 Å². The molecule has 5 nitrogen and oxygen atoms in total. The molecule has 0 aliphatic carbocycles. The van der Waals surface area contributed by atoms with Gasteiger partial charge in [-0.1, -0.05) is 6.92 Å². The molecule has 0 atom stereocenters. The van der Waals surface area contributed by atoms with Gasteiger partial charge in [-0.15, -0.1) is 0 Å². The maximum Gasteiger partial charge on any atom is 0.313 e. The fourth-order valence-electron chi connectivity index (χ4n) is 2.54. The van der Waals surface area contributed by atoms with Crippen LogP contribution in [0.5, 0.6) is 0 Å². The van der Waals surface area contributed by atoms with Crippen molar-refractivity contribution in [3.63, 3.8) is 0 Å². The van der Waals surface area contributed by atoms with Crippen molar-refractivity contribution < 1.29 is 9.59 Å². The lowest BCUT2D eigenvalue weighted by molar-refractivity contribution is -0.136. The highest BCUT2D eigenvalue weighted by molar-refractivity contribution is 6.39. The highest BCUT2D eigenvalue weighted by Crippen LogP contribution is 2.24. The summed E-state index contributed by atoms with van der Waals surface area (Å²) in [5.74, 6) is -0.438. The molecule has 22 heavy (non-hydrogen) atoms. The molecular formula is C17H25N3O2. The van der Waals surface area contributed by atoms with Crippen molar-refractivity contribution in [2.45, 2.75) is 39.7 Å². The summed E-state index contributed by atoms with van der Waals surface area (Å²) in [4.78, 5) is 25.7. The van der Waals surface area contributed by atoms with Crippen LogP contribution in [0.2, 0.25) is 0 Å². The van der Waals surface area contributed by atoms with Crippen molar-refractivity contribution in [1.29, 1.82) is 0 Å². The van der Waals surface area contributed by atoms with Crippen molar-refractivity contribution in [2.75, 3.05) is 23.3 Å². The minimum Gasteiger partial charge on any atom is -0.372 e. The summed E-state index contributed by atoms with van der Waals surface area (Å²) in [6.07, 6.45) is 2.43. The average Bonchev–Trinajstić information content (AvgIpc) is 2.48. The van der Waals surface area contributed by atoms with Crippen LogP contribution in [0.1, 0.15) is 33.6 Å². The van der Waals surface area contributed by atoms with Crippen LogP contribution in [-0.2, 0) is 9.59 Å². The Hall–Kier alpha value is -2.04. The number of anilines is 2. The smallest absolute Gasteiger partial charge is 0.313 e. The fraction of sp³-hybridized carbons (Fsp3) is 0.529. The van der Waals surface area contributed by atoms with Crippen LogP contribution >= 0.6 is 0 Å². The second-order valence-corrected chi connectivity index (χ2v) is 6.30. The zero-order chi connectivity index (χ0) is 16.1. The number of nitrogens with zero attached hydrogens (tertiary/aromatic N) is 1. The molecule has 1 aliphatic heterocycles. The van der Waals surface area contributed by atoms with Crippen molar-refractivity contribution in [2.24, 2.45) is 5.92 Å². The minimum absolute atomic E-state index is 0.0536. The second kappa shape index (κ2) is 7.29. The van der Waals surface area contributed by atoms with E-state index in [1.54, 1.807) is 0 Å². The van der Waals surface area contributed by atoms with Gasteiger partial charge in [0.15, 0.2) is 0 Å². The second-order valence-electron chi connectivity index (χ2n) is 6.30. The van der Waals surface area contributed by atoms with E-state index in [-0.39, 0.29) is 6.04 Å². The Morgan fingerprint density at radius 1 is 1.09 bits per heavy atom. The van der Waals surface area contributed by atoms with Crippen LogP contribution in [0, 0.1) is 5.92 Å². The molecule has 0 aromatic heterocycles. The normalized spacial score (nSPS) is 15.7. The third kappa shape index (κ3) is 4.48. The zero-order valence-corrected chi connectivity index (χ0v) is 13.6. The van der Waals surface area contributed by atoms with Crippen LogP contribution in [0.3, 0.4) is 0 Å². The first-order valence-electron chi connectivity index (χ1n) is 7.92. The molecule has 2 rings (SSSR count). The lowest BCUT2D eigenvalue weighted by Gasteiger charge is -2.32. The van der Waals surface area contributed by atoms with E-state index in [2.05, 4.69) is 22.5 Å². The number of hydrogen-bond donors (Lipinski definition) is 2. The summed E-state index contributed by atoms with van der Waals surface area (Å²) in [5.41, 5.74) is 1.80. The largest absolute Gasteiger partial charge is 0.372 e. The van der Waals surface area contributed by atoms with Gasteiger partial charge in [-0.25, -0.2) is 0 Å². The molecule has 0 radical (unpaired) electrons. The predicted molar refractivity (Wildman–Crippen MR) is 89.0 cm³/mol. The first kappa shape index (κ1) is 16.3. The van der Waals surface area contributed by atoms with E-state index in [4.69, 9.17) is 0 Å². The third-order valence-corrected chi connectivity index (χ3v) is 3.90. The van der Waals surface area contributed by atoms with Gasteiger partial charge < -0.3 is 15.5 Å². The summed E-state index contributed by atoms with van der Waals surface area (Å²) in [6.45, 7) is 8.07. The van der Waals surface area contributed by atoms with Gasteiger partial charge in [-0.2, -0.15) is 0 Å². The number of amides is 2. The van der Waals surface area contributed by atoms with E-state index < -0.39 is 11.8 Å². The monoisotopic (exact) mass is 303 g/mol. The Balaban J connectivity index is 1.91. The zero-order valence-electron chi connectivity index (χ0n) is 13.6. The molecule has 1 fully saturated rings. The van der Waals surface area contributed by atoms with Crippen molar-refractivity contribution in [3.8, 4) is 0 Å². The lowest BCUT2D eigenvalue weighted by atomic mass is 9.99. The molecule has 2 amide bonds. The molecule has 120 valence electrons. The molecule has 2 N–H and O–H groups in total. The molecule has 1 aromatic rings. The molecule has 0 bridgehead atoms. The van der Waals surface area contributed by atoms with E-state index in [0.717, 1.165) is 24.7 Å². The SMILES string of the molecule is CC1CCN(c2ccc(NC(=O)C(=O)NC(C)C)cc2)CC1. The van der Waals surface area contributed by atoms with Gasteiger partial charge in [0.2, 0.25) is 0 Å². The molecule has 1 aromatic carbocycles. The first-order chi connectivity index (χ1) is 10.5. The van der Waals surface area contributed by atoms with Crippen LogP contribution in [-0.4, -0.2) is 30.9 Å². The number of hydrogen-bond acceptors (Lipinski definition) is 3. The fourth-order valence-corrected chi connectivity index (χ4v) is 2.54. The maximum atomic E-state index is 11.7. The van der Waals surface area contributed by atoms with E-state index in [0.29, 0.717) is 5.69 Å². The number of benzene rings is 1. The summed E-state index contributed by atoms with van der Waals surface area (Å²) in [7, 11) is 0. The van der Waals surface area contributed by atoms with Gasteiger partial charge in [0.25, 0.3) is 0 Å². The first-order valence-corrected chi connectivity index (χ1v) is 7.92. The Morgan fingerprint density at radius 3 is 2.23 bits per heavy atom. The van der Waals surface area contributed by atoms with Gasteiger partial charge in [0.05, 0.1) is 0 Å². The van der Waals surface area contributed by atoms with Crippen LogP contribution < -0.4 is 15.5 Å². The molecule has 5 heteroatoms. The summed E-state index contributed by atoms with van der Waals surface area (Å²) >= 11 is 0. The number of carbonyl (C=O) groups excluding carboxylic acids is 2. The quantitative estimate of drug-likeness (QED) is 0.843. The highest BCUT2D eigenvalue weighted by atomic mass is 16.2. The number of rotatable bonds is 3. The summed E-state index contributed by atoms with van der Waals surface area (Å²) < 4.78 is 0. The van der Waals surface area contributed by atoms with Crippen LogP contribution in [0.15, 0.2) is 24.3 Å². The van der Waals surface area contributed by atoms with E-state index in [1.807, 2.05) is 38.1 Å². The standard InChI is InChI=1S/C17H25N3O2/c1-12(2)18-16(21)17(22)19-14-4-6-15(7-5-14)20-10-8-13(3)9-11-20/h4-7,12-13H,8-11H2,1-3H3,(H,18,21)(H,19,22). The van der Waals surface area contributed by atoms with Crippen LogP contribution in [0.25, 0.3) is 0 Å². The van der Waals surface area contributed by atoms with Crippen molar-refractivity contribution in [3.05, 3.63) is 24.3 Å². The van der Waals surface area contributed by atoms with E-state index >= 15 is 0 Å². The van der Waals surface area contributed by atoms with Gasteiger partial charge in [-0.05, 0) is 56.9 Å². The van der Waals surface area contributed by atoms with Gasteiger partial charge >= 0.3 is 11.8 Å². The van der Waals surface area contributed by atoms with Gasteiger partial charge in [0, 0.05) is 30.5 Å². The van der Waals surface area contributed by atoms with E-state index in [1.165, 1.54) is 12.8 Å². The third-order valence-electron chi connectivity index (χ3n) is 3.90. The molecule has 1 heterocycles. The minimum atomic E-state index is -0.631. The molecule has 0 saturated carbocycles. The van der Waals surface area contributed by atoms with Crippen LogP contribution in [0.4, 0.5) is 11.4 Å². The molecule has 0 spiro atoms. The van der Waals surface area contributed by atoms with Gasteiger partial charge in [-0.3, -0.25) is 9.59 Å². The Kier molecular flexibility index (Phi) is 5.41. The summed E-state index contributed by atoms with van der Waals surface area (Å²) in [6, 6.07) is 7.61. The highest BCUT2D eigenvalue weighted by Gasteiger charge is 2.17. The molecule has 0 unspecified atom stereocenters. The lowest BCUT2D eigenvalue weighted by Crippen LogP contribution is -2.39. The Bertz CT molecular complexity index is 517. The van der Waals surface area contributed by atoms with E-state index in [9.17, 15) is 9.59 Å². The molecule has 1 saturated heterocycles. The predicted octanol–water partition coefficient (Wildman–Crippen LogP) is 2.39. The number of piperidine rings is 1.